The number of methoxy groups -OCH3 is 1. The first-order valence-corrected chi connectivity index (χ1v) is 9.04. The number of hydrogen-bond donors (Lipinski definition) is 0. The highest BCUT2D eigenvalue weighted by Crippen LogP contribution is 2.38. The fourth-order valence-electron chi connectivity index (χ4n) is 3.92. The van der Waals surface area contributed by atoms with Gasteiger partial charge in [0.05, 0.1) is 7.11 Å². The molecule has 0 aromatic heterocycles. The molecule has 1 heteroatoms. The van der Waals surface area contributed by atoms with E-state index in [0.29, 0.717) is 0 Å². The largest absolute Gasteiger partial charge is 0.497 e. The second-order valence-corrected chi connectivity index (χ2v) is 6.86. The summed E-state index contributed by atoms with van der Waals surface area (Å²) in [5.41, 5.74) is 4.07. The predicted molar refractivity (Wildman–Crippen MR) is 98.0 cm³/mol. The summed E-state index contributed by atoms with van der Waals surface area (Å²) in [4.78, 5) is 0. The van der Waals surface area contributed by atoms with E-state index in [2.05, 4.69) is 43.3 Å². The third-order valence-electron chi connectivity index (χ3n) is 5.35. The van der Waals surface area contributed by atoms with Crippen LogP contribution in [0, 0.1) is 5.92 Å². The van der Waals surface area contributed by atoms with Crippen LogP contribution in [0.5, 0.6) is 5.75 Å². The second kappa shape index (κ2) is 7.68. The van der Waals surface area contributed by atoms with E-state index in [9.17, 15) is 0 Å². The van der Waals surface area contributed by atoms with Crippen molar-refractivity contribution in [1.29, 1.82) is 0 Å². The summed E-state index contributed by atoms with van der Waals surface area (Å²) in [6, 6.07) is 17.5. The lowest BCUT2D eigenvalue weighted by Gasteiger charge is -2.28. The molecule has 0 heterocycles. The van der Waals surface area contributed by atoms with Crippen molar-refractivity contribution in [2.45, 2.75) is 51.4 Å². The minimum Gasteiger partial charge on any atom is -0.497 e. The van der Waals surface area contributed by atoms with Gasteiger partial charge in [-0.1, -0.05) is 56.2 Å². The summed E-state index contributed by atoms with van der Waals surface area (Å²) in [5, 5.41) is 0. The Bertz CT molecular complexity index is 589. The standard InChI is InChI=1S/C22H28O/c1-3-4-17-5-7-18(8-6-17)19-9-11-20(12-10-19)21-13-15-22(23-2)16-14-21/h9-18H,3-8H2,1-2H3/t17-,18-. The molecule has 2 aromatic rings. The molecule has 0 amide bonds. The molecule has 2 aromatic carbocycles. The van der Waals surface area contributed by atoms with Crippen molar-refractivity contribution in [3.8, 4) is 16.9 Å². The van der Waals surface area contributed by atoms with E-state index in [1.165, 1.54) is 55.2 Å². The molecule has 1 nitrogen and oxygen atoms in total. The molecule has 0 radical (unpaired) electrons. The Morgan fingerprint density at radius 1 is 0.826 bits per heavy atom. The maximum atomic E-state index is 5.23. The van der Waals surface area contributed by atoms with Crippen molar-refractivity contribution in [2.24, 2.45) is 5.92 Å². The third kappa shape index (κ3) is 3.96. The Labute approximate surface area is 140 Å². The van der Waals surface area contributed by atoms with E-state index < -0.39 is 0 Å². The molecule has 0 saturated heterocycles. The van der Waals surface area contributed by atoms with Gasteiger partial charge < -0.3 is 4.74 Å². The maximum Gasteiger partial charge on any atom is 0.118 e. The van der Waals surface area contributed by atoms with Gasteiger partial charge in [-0.3, -0.25) is 0 Å². The molecule has 122 valence electrons. The van der Waals surface area contributed by atoms with Crippen molar-refractivity contribution in [1.82, 2.24) is 0 Å². The molecular formula is C22H28O. The molecule has 23 heavy (non-hydrogen) atoms. The Hall–Kier alpha value is -1.76. The highest BCUT2D eigenvalue weighted by molar-refractivity contribution is 5.64. The zero-order valence-corrected chi connectivity index (χ0v) is 14.4. The van der Waals surface area contributed by atoms with E-state index >= 15 is 0 Å². The zero-order valence-electron chi connectivity index (χ0n) is 14.4. The highest BCUT2D eigenvalue weighted by Gasteiger charge is 2.21. The Kier molecular flexibility index (Phi) is 5.38. The molecule has 0 spiro atoms. The van der Waals surface area contributed by atoms with Crippen LogP contribution in [-0.4, -0.2) is 7.11 Å². The molecule has 1 aliphatic carbocycles. The summed E-state index contributed by atoms with van der Waals surface area (Å²) < 4.78 is 5.23. The van der Waals surface area contributed by atoms with Crippen LogP contribution in [0.2, 0.25) is 0 Å². The lowest BCUT2D eigenvalue weighted by Crippen LogP contribution is -2.13. The van der Waals surface area contributed by atoms with Gasteiger partial charge >= 0.3 is 0 Å². The number of ether oxygens (including phenoxy) is 1. The van der Waals surface area contributed by atoms with Gasteiger partial charge in [0, 0.05) is 0 Å². The molecule has 1 saturated carbocycles. The van der Waals surface area contributed by atoms with E-state index in [4.69, 9.17) is 4.74 Å². The van der Waals surface area contributed by atoms with Crippen molar-refractivity contribution in [2.75, 3.05) is 7.11 Å². The lowest BCUT2D eigenvalue weighted by molar-refractivity contribution is 0.308. The topological polar surface area (TPSA) is 9.23 Å². The zero-order chi connectivity index (χ0) is 16.1. The van der Waals surface area contributed by atoms with Crippen LogP contribution in [0.25, 0.3) is 11.1 Å². The van der Waals surface area contributed by atoms with Crippen LogP contribution < -0.4 is 4.74 Å². The molecule has 0 N–H and O–H groups in total. The average molecular weight is 308 g/mol. The molecule has 0 atom stereocenters. The summed E-state index contributed by atoms with van der Waals surface area (Å²) >= 11 is 0. The van der Waals surface area contributed by atoms with E-state index in [1.807, 2.05) is 12.1 Å². The highest BCUT2D eigenvalue weighted by atomic mass is 16.5. The van der Waals surface area contributed by atoms with Crippen molar-refractivity contribution < 1.29 is 4.74 Å². The Balaban J connectivity index is 1.65. The van der Waals surface area contributed by atoms with Crippen LogP contribution in [0.15, 0.2) is 48.5 Å². The van der Waals surface area contributed by atoms with Gasteiger partial charge in [0.2, 0.25) is 0 Å². The first kappa shape index (κ1) is 16.1. The van der Waals surface area contributed by atoms with Crippen LogP contribution in [0.3, 0.4) is 0 Å². The van der Waals surface area contributed by atoms with Crippen LogP contribution in [0.4, 0.5) is 0 Å². The van der Waals surface area contributed by atoms with Gasteiger partial charge in [-0.15, -0.1) is 0 Å². The van der Waals surface area contributed by atoms with Gasteiger partial charge in [-0.25, -0.2) is 0 Å². The number of benzene rings is 2. The predicted octanol–water partition coefficient (Wildman–Crippen LogP) is 6.44. The molecule has 1 aliphatic rings. The monoisotopic (exact) mass is 308 g/mol. The number of rotatable bonds is 5. The van der Waals surface area contributed by atoms with Crippen molar-refractivity contribution in [3.63, 3.8) is 0 Å². The van der Waals surface area contributed by atoms with Crippen LogP contribution >= 0.6 is 0 Å². The smallest absolute Gasteiger partial charge is 0.118 e. The minimum absolute atomic E-state index is 0.771. The van der Waals surface area contributed by atoms with Gasteiger partial charge in [0.25, 0.3) is 0 Å². The molecule has 3 rings (SSSR count). The maximum absolute atomic E-state index is 5.23. The SMILES string of the molecule is CCC[C@H]1CC[C@H](c2ccc(-c3ccc(OC)cc3)cc2)CC1. The third-order valence-corrected chi connectivity index (χ3v) is 5.35. The molecule has 1 fully saturated rings. The molecule has 0 bridgehead atoms. The van der Waals surface area contributed by atoms with Gasteiger partial charge in [-0.2, -0.15) is 0 Å². The van der Waals surface area contributed by atoms with Crippen LogP contribution in [-0.2, 0) is 0 Å². The number of hydrogen-bond acceptors (Lipinski definition) is 1. The normalized spacial score (nSPS) is 21.1. The van der Waals surface area contributed by atoms with E-state index in [-0.39, 0.29) is 0 Å². The van der Waals surface area contributed by atoms with Crippen LogP contribution in [0.1, 0.15) is 56.9 Å². The molecular weight excluding hydrogens is 280 g/mol. The van der Waals surface area contributed by atoms with Crippen molar-refractivity contribution in [3.05, 3.63) is 54.1 Å². The molecule has 0 aliphatic heterocycles. The summed E-state index contributed by atoms with van der Waals surface area (Å²) in [6.45, 7) is 2.31. The Morgan fingerprint density at radius 3 is 1.91 bits per heavy atom. The van der Waals surface area contributed by atoms with E-state index in [1.54, 1.807) is 7.11 Å². The fraction of sp³-hybridized carbons (Fsp3) is 0.455. The quantitative estimate of drug-likeness (QED) is 0.618. The van der Waals surface area contributed by atoms with E-state index in [0.717, 1.165) is 17.6 Å². The van der Waals surface area contributed by atoms with Gasteiger partial charge in [0.1, 0.15) is 5.75 Å². The summed E-state index contributed by atoms with van der Waals surface area (Å²) in [6.07, 6.45) is 8.32. The van der Waals surface area contributed by atoms with Crippen molar-refractivity contribution >= 4 is 0 Å². The summed E-state index contributed by atoms with van der Waals surface area (Å²) in [7, 11) is 1.71. The minimum atomic E-state index is 0.771. The first-order valence-electron chi connectivity index (χ1n) is 9.04. The van der Waals surface area contributed by atoms with Gasteiger partial charge in [-0.05, 0) is 66.3 Å². The lowest BCUT2D eigenvalue weighted by atomic mass is 9.77. The second-order valence-electron chi connectivity index (χ2n) is 6.86. The first-order chi connectivity index (χ1) is 11.3. The summed E-state index contributed by atoms with van der Waals surface area (Å²) in [5.74, 6) is 2.66. The fourth-order valence-corrected chi connectivity index (χ4v) is 3.92. The Morgan fingerprint density at radius 2 is 1.39 bits per heavy atom. The average Bonchev–Trinajstić information content (AvgIpc) is 2.63. The van der Waals surface area contributed by atoms with Gasteiger partial charge in [0.15, 0.2) is 0 Å². The molecule has 0 unspecified atom stereocenters.